The fourth-order valence-corrected chi connectivity index (χ4v) is 2.33. The van der Waals surface area contributed by atoms with Crippen LogP contribution in [0.1, 0.15) is 17.3 Å². The Morgan fingerprint density at radius 3 is 2.24 bits per heavy atom. The van der Waals surface area contributed by atoms with Crippen molar-refractivity contribution in [1.29, 1.82) is 0 Å². The third kappa shape index (κ3) is 3.58. The molecule has 0 saturated heterocycles. The first kappa shape index (κ1) is 16.4. The van der Waals surface area contributed by atoms with Gasteiger partial charge in [-0.15, -0.1) is 0 Å². The highest BCUT2D eigenvalue weighted by Crippen LogP contribution is 2.24. The highest BCUT2D eigenvalue weighted by molar-refractivity contribution is 5.97. The van der Waals surface area contributed by atoms with Crippen LogP contribution in [0, 0.1) is 0 Å². The first-order valence-corrected chi connectivity index (χ1v) is 7.77. The molecule has 0 aliphatic heterocycles. The van der Waals surface area contributed by atoms with Crippen molar-refractivity contribution in [2.24, 2.45) is 5.73 Å². The molecule has 3 rings (SSSR count). The number of rotatable bonds is 5. The lowest BCUT2D eigenvalue weighted by Gasteiger charge is -2.09. The number of primary amides is 1. The number of nitrogens with two attached hydrogens (primary N) is 1. The molecule has 0 saturated carbocycles. The minimum absolute atomic E-state index is 0.267. The summed E-state index contributed by atoms with van der Waals surface area (Å²) >= 11 is 0. The molecule has 1 amide bonds. The smallest absolute Gasteiger partial charge is 0.342 e. The summed E-state index contributed by atoms with van der Waals surface area (Å²) in [5.41, 5.74) is 7.50. The number of carbonyl (C=O) groups is 2. The van der Waals surface area contributed by atoms with Crippen LogP contribution in [0.2, 0.25) is 0 Å². The third-order valence-electron chi connectivity index (χ3n) is 3.69. The van der Waals surface area contributed by atoms with Crippen LogP contribution in [-0.2, 0) is 9.53 Å². The second kappa shape index (κ2) is 7.00. The molecule has 1 aromatic heterocycles. The van der Waals surface area contributed by atoms with Crippen molar-refractivity contribution in [3.05, 3.63) is 72.4 Å². The lowest BCUT2D eigenvalue weighted by Crippen LogP contribution is -2.30. The van der Waals surface area contributed by atoms with Crippen molar-refractivity contribution >= 4 is 11.9 Å². The number of hydrogen-bond acceptors (Lipinski definition) is 4. The van der Waals surface area contributed by atoms with Crippen molar-refractivity contribution < 1.29 is 14.3 Å². The lowest BCUT2D eigenvalue weighted by atomic mass is 10.1. The van der Waals surface area contributed by atoms with Crippen LogP contribution < -0.4 is 5.73 Å². The van der Waals surface area contributed by atoms with Gasteiger partial charge in [-0.05, 0) is 19.1 Å². The normalized spacial score (nSPS) is 11.7. The topological polar surface area (TPSA) is 87.2 Å². The van der Waals surface area contributed by atoms with Crippen LogP contribution in [0.15, 0.2) is 66.9 Å². The van der Waals surface area contributed by atoms with Gasteiger partial charge in [0.25, 0.3) is 5.91 Å². The summed E-state index contributed by atoms with van der Waals surface area (Å²) in [6.45, 7) is 1.43. The molecule has 25 heavy (non-hydrogen) atoms. The Labute approximate surface area is 144 Å². The number of nitrogens with zero attached hydrogens (tertiary/aromatic N) is 2. The maximum Gasteiger partial charge on any atom is 0.342 e. The number of para-hydroxylation sites is 1. The molecular formula is C19H17N3O3. The second-order valence-electron chi connectivity index (χ2n) is 5.49. The van der Waals surface area contributed by atoms with Gasteiger partial charge in [-0.25, -0.2) is 9.48 Å². The Morgan fingerprint density at radius 2 is 1.64 bits per heavy atom. The molecule has 0 bridgehead atoms. The van der Waals surface area contributed by atoms with Gasteiger partial charge in [0.05, 0.1) is 5.69 Å². The van der Waals surface area contributed by atoms with Gasteiger partial charge in [0.2, 0.25) is 0 Å². The predicted octanol–water partition coefficient (Wildman–Crippen LogP) is 2.57. The Kier molecular flexibility index (Phi) is 4.61. The summed E-state index contributed by atoms with van der Waals surface area (Å²) in [5.74, 6) is -1.35. The molecular weight excluding hydrogens is 318 g/mol. The van der Waals surface area contributed by atoms with Gasteiger partial charge in [-0.2, -0.15) is 5.10 Å². The zero-order valence-electron chi connectivity index (χ0n) is 13.6. The van der Waals surface area contributed by atoms with E-state index < -0.39 is 18.0 Å². The molecule has 0 aliphatic rings. The number of benzene rings is 2. The third-order valence-corrected chi connectivity index (χ3v) is 3.69. The second-order valence-corrected chi connectivity index (χ2v) is 5.49. The number of carbonyl (C=O) groups excluding carboxylic acids is 2. The van der Waals surface area contributed by atoms with E-state index in [1.165, 1.54) is 6.92 Å². The Hall–Kier alpha value is -3.41. The monoisotopic (exact) mass is 335 g/mol. The summed E-state index contributed by atoms with van der Waals surface area (Å²) in [6, 6.07) is 18.7. The highest BCUT2D eigenvalue weighted by Gasteiger charge is 2.23. The molecule has 0 radical (unpaired) electrons. The van der Waals surface area contributed by atoms with E-state index in [9.17, 15) is 9.59 Å². The zero-order chi connectivity index (χ0) is 17.8. The molecule has 1 heterocycles. The largest absolute Gasteiger partial charge is 0.449 e. The van der Waals surface area contributed by atoms with E-state index in [0.29, 0.717) is 5.69 Å². The van der Waals surface area contributed by atoms with Crippen LogP contribution in [0.5, 0.6) is 0 Å². The lowest BCUT2D eigenvalue weighted by molar-refractivity contribution is -0.125. The molecule has 0 spiro atoms. The van der Waals surface area contributed by atoms with E-state index >= 15 is 0 Å². The maximum absolute atomic E-state index is 12.5. The van der Waals surface area contributed by atoms with Gasteiger partial charge in [-0.3, -0.25) is 4.79 Å². The van der Waals surface area contributed by atoms with Crippen molar-refractivity contribution in [1.82, 2.24) is 9.78 Å². The molecule has 3 aromatic rings. The van der Waals surface area contributed by atoms with Crippen LogP contribution >= 0.6 is 0 Å². The fourth-order valence-electron chi connectivity index (χ4n) is 2.33. The number of ether oxygens (including phenoxy) is 1. The van der Waals surface area contributed by atoms with E-state index in [0.717, 1.165) is 11.3 Å². The van der Waals surface area contributed by atoms with E-state index in [4.69, 9.17) is 10.5 Å². The SMILES string of the molecule is C[C@H](OC(=O)c1cn(-c2ccccc2)nc1-c1ccccc1)C(N)=O. The Morgan fingerprint density at radius 1 is 1.04 bits per heavy atom. The molecule has 126 valence electrons. The minimum Gasteiger partial charge on any atom is -0.449 e. The maximum atomic E-state index is 12.5. The average molecular weight is 335 g/mol. The number of aromatic nitrogens is 2. The van der Waals surface area contributed by atoms with Crippen LogP contribution in [-0.4, -0.2) is 27.8 Å². The fraction of sp³-hybridized carbons (Fsp3) is 0.105. The van der Waals surface area contributed by atoms with Gasteiger partial charge >= 0.3 is 5.97 Å². The van der Waals surface area contributed by atoms with E-state index in [2.05, 4.69) is 5.10 Å². The first-order chi connectivity index (χ1) is 12.1. The standard InChI is InChI=1S/C19H17N3O3/c1-13(18(20)23)25-19(24)16-12-22(15-10-6-3-7-11-15)21-17(16)14-8-4-2-5-9-14/h2-13H,1H3,(H2,20,23)/t13-/m0/s1. The molecule has 6 nitrogen and oxygen atoms in total. The molecule has 0 fully saturated rings. The van der Waals surface area contributed by atoms with Gasteiger partial charge in [0.1, 0.15) is 11.3 Å². The van der Waals surface area contributed by atoms with Crippen molar-refractivity contribution in [3.63, 3.8) is 0 Å². The highest BCUT2D eigenvalue weighted by atomic mass is 16.5. The number of hydrogen-bond donors (Lipinski definition) is 1. The van der Waals surface area contributed by atoms with E-state index in [-0.39, 0.29) is 5.56 Å². The van der Waals surface area contributed by atoms with Crippen LogP contribution in [0.3, 0.4) is 0 Å². The summed E-state index contributed by atoms with van der Waals surface area (Å²) in [6.07, 6.45) is 0.574. The molecule has 0 aliphatic carbocycles. The predicted molar refractivity (Wildman–Crippen MR) is 93.1 cm³/mol. The van der Waals surface area contributed by atoms with Gasteiger partial charge in [0, 0.05) is 11.8 Å². The molecule has 1 atom stereocenters. The van der Waals surface area contributed by atoms with Gasteiger partial charge in [-0.1, -0.05) is 48.5 Å². The Balaban J connectivity index is 2.05. The van der Waals surface area contributed by atoms with Gasteiger partial charge < -0.3 is 10.5 Å². The summed E-state index contributed by atoms with van der Waals surface area (Å²) in [5, 5.41) is 4.52. The van der Waals surface area contributed by atoms with Crippen molar-refractivity contribution in [3.8, 4) is 16.9 Å². The quantitative estimate of drug-likeness (QED) is 0.726. The summed E-state index contributed by atoms with van der Waals surface area (Å²) < 4.78 is 6.75. The molecule has 0 unspecified atom stereocenters. The van der Waals surface area contributed by atoms with Crippen molar-refractivity contribution in [2.75, 3.05) is 0 Å². The summed E-state index contributed by atoms with van der Waals surface area (Å²) in [4.78, 5) is 23.7. The van der Waals surface area contributed by atoms with E-state index in [1.807, 2.05) is 60.7 Å². The van der Waals surface area contributed by atoms with Crippen molar-refractivity contribution in [2.45, 2.75) is 13.0 Å². The first-order valence-electron chi connectivity index (χ1n) is 7.77. The molecule has 6 heteroatoms. The van der Waals surface area contributed by atoms with E-state index in [1.54, 1.807) is 10.9 Å². The minimum atomic E-state index is -1.02. The zero-order valence-corrected chi connectivity index (χ0v) is 13.6. The number of esters is 1. The number of amides is 1. The van der Waals surface area contributed by atoms with Crippen LogP contribution in [0.25, 0.3) is 16.9 Å². The molecule has 2 aromatic carbocycles. The average Bonchev–Trinajstić information content (AvgIpc) is 3.08. The van der Waals surface area contributed by atoms with Crippen LogP contribution in [0.4, 0.5) is 0 Å². The molecule has 2 N–H and O–H groups in total. The summed E-state index contributed by atoms with van der Waals surface area (Å²) in [7, 11) is 0. The van der Waals surface area contributed by atoms with Gasteiger partial charge in [0.15, 0.2) is 6.10 Å². The Bertz CT molecular complexity index is 889.